The van der Waals surface area contributed by atoms with E-state index in [4.69, 9.17) is 43.5 Å². The van der Waals surface area contributed by atoms with E-state index >= 15 is 0 Å². The van der Waals surface area contributed by atoms with Crippen LogP contribution < -0.4 is 11.5 Å². The molecule has 8 rings (SSSR count). The number of nitrogen functional groups attached to an aromatic ring is 2. The Kier molecular flexibility index (Phi) is 8.30. The molecule has 0 aliphatic heterocycles. The Labute approximate surface area is 281 Å². The molecule has 6 aromatic heterocycles. The first kappa shape index (κ1) is 30.3. The SMILES string of the molecule is Nc1ncc(-c2cn[nH]c2)cc1-c1nnc(-c2c(Cl)cccc2Cl)o1.Nc1ncc(-c2cn[nH]c2)cc1-c1nnc(-c2ccccc2)o1. The highest BCUT2D eigenvalue weighted by Crippen LogP contribution is 2.36. The molecule has 0 atom stereocenters. The maximum Gasteiger partial charge on any atom is 0.251 e. The topological polar surface area (TPSA) is 213 Å². The highest BCUT2D eigenvalue weighted by molar-refractivity contribution is 6.38. The second kappa shape index (κ2) is 13.2. The Morgan fingerprint density at radius 2 is 1.02 bits per heavy atom. The fourth-order valence-corrected chi connectivity index (χ4v) is 5.15. The molecule has 0 radical (unpaired) electrons. The van der Waals surface area contributed by atoms with Crippen molar-refractivity contribution in [1.29, 1.82) is 0 Å². The third-order valence-corrected chi connectivity index (χ3v) is 7.64. The molecular weight excluding hydrogens is 655 g/mol. The minimum absolute atomic E-state index is 0.207. The number of hydrogen-bond acceptors (Lipinski definition) is 12. The summed E-state index contributed by atoms with van der Waals surface area (Å²) in [5.74, 6) is 1.81. The first-order valence-electron chi connectivity index (χ1n) is 14.1. The number of pyridine rings is 2. The van der Waals surface area contributed by atoms with Crippen LogP contribution in [0.4, 0.5) is 11.6 Å². The van der Waals surface area contributed by atoms with Gasteiger partial charge in [-0.1, -0.05) is 47.5 Å². The van der Waals surface area contributed by atoms with Crippen LogP contribution in [0.25, 0.3) is 68.1 Å². The van der Waals surface area contributed by atoms with E-state index < -0.39 is 0 Å². The van der Waals surface area contributed by atoms with E-state index in [0.29, 0.717) is 44.3 Å². The highest BCUT2D eigenvalue weighted by atomic mass is 35.5. The van der Waals surface area contributed by atoms with Crippen molar-refractivity contribution in [2.45, 2.75) is 0 Å². The molecule has 0 spiro atoms. The summed E-state index contributed by atoms with van der Waals surface area (Å²) in [5, 5.41) is 30.5. The number of H-pyrrole nitrogens is 2. The van der Waals surface area contributed by atoms with Crippen molar-refractivity contribution in [3.63, 3.8) is 0 Å². The average Bonchev–Trinajstić information content (AvgIpc) is 3.94. The van der Waals surface area contributed by atoms with Crippen LogP contribution >= 0.6 is 23.2 Å². The minimum Gasteiger partial charge on any atom is -0.416 e. The standard InChI is InChI=1S/C16H10Cl2N6O.C16H12N6O/c17-11-2-1-3-12(18)13(11)16-24-23-15(25-16)10-4-8(5-20-14(10)19)9-6-21-22-7-9;17-14-13(6-11(7-18-14)12-8-19-20-9-12)16-22-21-15(23-16)10-4-2-1-3-5-10/h1-7H,(H2,19,20)(H,21,22);1-9H,(H2,17,18)(H,19,20). The Bertz CT molecular complexity index is 2280. The van der Waals surface area contributed by atoms with Crippen LogP contribution in [0.2, 0.25) is 10.0 Å². The molecule has 0 amide bonds. The van der Waals surface area contributed by atoms with Gasteiger partial charge < -0.3 is 20.3 Å². The zero-order valence-corrected chi connectivity index (χ0v) is 26.1. The molecule has 14 nitrogen and oxygen atoms in total. The van der Waals surface area contributed by atoms with Gasteiger partial charge in [-0.3, -0.25) is 10.2 Å². The lowest BCUT2D eigenvalue weighted by Crippen LogP contribution is -1.95. The third-order valence-electron chi connectivity index (χ3n) is 7.01. The summed E-state index contributed by atoms with van der Waals surface area (Å²) in [5.41, 5.74) is 17.8. The molecule has 2 aromatic carbocycles. The summed E-state index contributed by atoms with van der Waals surface area (Å²) >= 11 is 12.4. The van der Waals surface area contributed by atoms with E-state index in [-0.39, 0.29) is 17.6 Å². The van der Waals surface area contributed by atoms with Gasteiger partial charge in [0.1, 0.15) is 11.6 Å². The van der Waals surface area contributed by atoms with Crippen molar-refractivity contribution >= 4 is 34.8 Å². The van der Waals surface area contributed by atoms with Gasteiger partial charge >= 0.3 is 0 Å². The van der Waals surface area contributed by atoms with Crippen LogP contribution in [-0.2, 0) is 0 Å². The summed E-state index contributed by atoms with van der Waals surface area (Å²) in [4.78, 5) is 8.39. The van der Waals surface area contributed by atoms with Crippen molar-refractivity contribution in [2.75, 3.05) is 11.5 Å². The summed E-state index contributed by atoms with van der Waals surface area (Å²) in [6.07, 6.45) is 10.2. The number of anilines is 2. The van der Waals surface area contributed by atoms with Gasteiger partial charge in [-0.2, -0.15) is 10.2 Å². The summed E-state index contributed by atoms with van der Waals surface area (Å²) in [6, 6.07) is 18.3. The van der Waals surface area contributed by atoms with Crippen LogP contribution in [0.1, 0.15) is 0 Å². The van der Waals surface area contributed by atoms with Gasteiger partial charge in [0.2, 0.25) is 5.89 Å². The average molecular weight is 678 g/mol. The van der Waals surface area contributed by atoms with E-state index in [9.17, 15) is 0 Å². The Morgan fingerprint density at radius 3 is 1.54 bits per heavy atom. The summed E-state index contributed by atoms with van der Waals surface area (Å²) < 4.78 is 11.5. The minimum atomic E-state index is 0.207. The van der Waals surface area contributed by atoms with E-state index in [2.05, 4.69) is 50.8 Å². The number of halogens is 2. The number of nitrogens with two attached hydrogens (primary N) is 2. The number of aromatic amines is 2. The van der Waals surface area contributed by atoms with Gasteiger partial charge in [-0.05, 0) is 36.4 Å². The van der Waals surface area contributed by atoms with Crippen molar-refractivity contribution < 1.29 is 8.83 Å². The quantitative estimate of drug-likeness (QED) is 0.142. The van der Waals surface area contributed by atoms with Crippen LogP contribution in [-0.4, -0.2) is 50.8 Å². The number of benzene rings is 2. The molecule has 0 bridgehead atoms. The molecule has 0 aliphatic carbocycles. The van der Waals surface area contributed by atoms with Crippen molar-refractivity contribution in [1.82, 2.24) is 50.8 Å². The summed E-state index contributed by atoms with van der Waals surface area (Å²) in [7, 11) is 0. The second-order valence-electron chi connectivity index (χ2n) is 10.1. The molecule has 0 saturated carbocycles. The van der Waals surface area contributed by atoms with Gasteiger partial charge in [-0.15, -0.1) is 20.4 Å². The Morgan fingerprint density at radius 1 is 0.521 bits per heavy atom. The number of rotatable bonds is 6. The predicted octanol–water partition coefficient (Wildman–Crippen LogP) is 6.85. The molecular formula is C32H22Cl2N12O2. The van der Waals surface area contributed by atoms with Crippen LogP contribution in [0.15, 0.2) is 107 Å². The van der Waals surface area contributed by atoms with Gasteiger partial charge in [0.05, 0.1) is 39.1 Å². The largest absolute Gasteiger partial charge is 0.416 e. The number of nitrogens with one attached hydrogen (secondary N) is 2. The molecule has 48 heavy (non-hydrogen) atoms. The van der Waals surface area contributed by atoms with Crippen molar-refractivity contribution in [3.8, 4) is 68.1 Å². The van der Waals surface area contributed by atoms with Gasteiger partial charge in [0.15, 0.2) is 0 Å². The number of hydrogen-bond donors (Lipinski definition) is 4. The normalized spacial score (nSPS) is 10.9. The van der Waals surface area contributed by atoms with Crippen molar-refractivity contribution in [2.24, 2.45) is 0 Å². The number of aromatic nitrogens is 10. The maximum atomic E-state index is 6.18. The molecule has 236 valence electrons. The molecule has 8 aromatic rings. The van der Waals surface area contributed by atoms with Gasteiger partial charge in [0.25, 0.3) is 17.7 Å². The van der Waals surface area contributed by atoms with Gasteiger partial charge in [-0.25, -0.2) is 9.97 Å². The molecule has 0 saturated heterocycles. The van der Waals surface area contributed by atoms with Gasteiger partial charge in [0, 0.05) is 52.6 Å². The predicted molar refractivity (Wildman–Crippen MR) is 180 cm³/mol. The lowest BCUT2D eigenvalue weighted by molar-refractivity contribution is 0.584. The third kappa shape index (κ3) is 6.20. The lowest BCUT2D eigenvalue weighted by atomic mass is 10.1. The van der Waals surface area contributed by atoms with Crippen LogP contribution in [0.3, 0.4) is 0 Å². The van der Waals surface area contributed by atoms with Crippen molar-refractivity contribution in [3.05, 3.63) is 108 Å². The first-order chi connectivity index (χ1) is 23.4. The van der Waals surface area contributed by atoms with E-state index in [1.807, 2.05) is 36.4 Å². The highest BCUT2D eigenvalue weighted by Gasteiger charge is 2.19. The van der Waals surface area contributed by atoms with Crippen LogP contribution in [0, 0.1) is 0 Å². The molecule has 0 fully saturated rings. The lowest BCUT2D eigenvalue weighted by Gasteiger charge is -2.03. The zero-order valence-electron chi connectivity index (χ0n) is 24.5. The zero-order chi connectivity index (χ0) is 33.0. The fraction of sp³-hybridized carbons (Fsp3) is 0. The molecule has 0 aliphatic rings. The first-order valence-corrected chi connectivity index (χ1v) is 14.9. The van der Waals surface area contributed by atoms with E-state index in [0.717, 1.165) is 27.8 Å². The van der Waals surface area contributed by atoms with Crippen LogP contribution in [0.5, 0.6) is 0 Å². The summed E-state index contributed by atoms with van der Waals surface area (Å²) in [6.45, 7) is 0. The smallest absolute Gasteiger partial charge is 0.251 e. The van der Waals surface area contributed by atoms with E-state index in [1.165, 1.54) is 0 Å². The Hall–Kier alpha value is -6.38. The number of nitrogens with zero attached hydrogens (tertiary/aromatic N) is 8. The second-order valence-corrected chi connectivity index (χ2v) is 10.9. The maximum absolute atomic E-state index is 6.18. The molecule has 16 heteroatoms. The molecule has 0 unspecified atom stereocenters. The molecule has 6 N–H and O–H groups in total. The monoisotopic (exact) mass is 676 g/mol. The fourth-order valence-electron chi connectivity index (χ4n) is 4.59. The Balaban J connectivity index is 0.000000152. The van der Waals surface area contributed by atoms with E-state index in [1.54, 1.807) is 61.4 Å². The molecule has 6 heterocycles.